The Morgan fingerprint density at radius 1 is 0.889 bits per heavy atom. The molecule has 3 heteroatoms. The van der Waals surface area contributed by atoms with Gasteiger partial charge in [0.2, 0.25) is 0 Å². The van der Waals surface area contributed by atoms with Crippen molar-refractivity contribution in [2.24, 2.45) is 0 Å². The van der Waals surface area contributed by atoms with Crippen molar-refractivity contribution >= 4 is 11.7 Å². The van der Waals surface area contributed by atoms with Gasteiger partial charge in [-0.2, -0.15) is 0 Å². The Hall–Kier alpha value is -3.07. The summed E-state index contributed by atoms with van der Waals surface area (Å²) in [6.45, 7) is 2.62. The third-order valence-electron chi connectivity index (χ3n) is 5.16. The molecule has 0 aliphatic carbocycles. The van der Waals surface area contributed by atoms with E-state index < -0.39 is 11.4 Å². The molecule has 1 N–H and O–H groups in total. The van der Waals surface area contributed by atoms with E-state index in [4.69, 9.17) is 0 Å². The predicted octanol–water partition coefficient (Wildman–Crippen LogP) is 4.89. The summed E-state index contributed by atoms with van der Waals surface area (Å²) in [7, 11) is 2.00. The van der Waals surface area contributed by atoms with Gasteiger partial charge in [0.25, 0.3) is 0 Å². The number of aliphatic carboxylic acids is 1. The van der Waals surface area contributed by atoms with Gasteiger partial charge >= 0.3 is 5.97 Å². The van der Waals surface area contributed by atoms with Crippen LogP contribution in [-0.4, -0.2) is 24.7 Å². The molecule has 0 amide bonds. The number of carboxylic acids is 1. The molecule has 138 valence electrons. The van der Waals surface area contributed by atoms with Crippen LogP contribution in [0.3, 0.4) is 0 Å². The Bertz CT molecular complexity index is 893. The molecule has 1 atom stereocenters. The van der Waals surface area contributed by atoms with Gasteiger partial charge in [-0.1, -0.05) is 78.4 Å². The quantitative estimate of drug-likeness (QED) is 0.653. The normalized spacial score (nSPS) is 13.0. The minimum absolute atomic E-state index is 0.473. The van der Waals surface area contributed by atoms with Crippen molar-refractivity contribution in [2.75, 3.05) is 18.5 Å². The van der Waals surface area contributed by atoms with E-state index >= 15 is 0 Å². The summed E-state index contributed by atoms with van der Waals surface area (Å²) in [4.78, 5) is 14.8. The van der Waals surface area contributed by atoms with Crippen LogP contribution >= 0.6 is 0 Å². The Morgan fingerprint density at radius 2 is 1.48 bits per heavy atom. The number of hydrogen-bond donors (Lipinski definition) is 1. The molecule has 27 heavy (non-hydrogen) atoms. The topological polar surface area (TPSA) is 40.5 Å². The van der Waals surface area contributed by atoms with Gasteiger partial charge in [-0.05, 0) is 36.6 Å². The molecule has 3 aromatic rings. The lowest BCUT2D eigenvalue weighted by molar-refractivity contribution is -0.142. The second-order valence-electron chi connectivity index (χ2n) is 6.95. The van der Waals surface area contributed by atoms with Crippen molar-refractivity contribution in [1.29, 1.82) is 0 Å². The first-order chi connectivity index (χ1) is 13.0. The highest BCUT2D eigenvalue weighted by atomic mass is 16.4. The molecule has 0 aliphatic heterocycles. The van der Waals surface area contributed by atoms with Crippen LogP contribution in [0.1, 0.15) is 23.1 Å². The first kappa shape index (κ1) is 18.7. The summed E-state index contributed by atoms with van der Waals surface area (Å²) in [5, 5.41) is 10.4. The lowest BCUT2D eigenvalue weighted by Crippen LogP contribution is -2.40. The van der Waals surface area contributed by atoms with E-state index in [1.807, 2.05) is 98.9 Å². The van der Waals surface area contributed by atoms with Gasteiger partial charge in [-0.15, -0.1) is 0 Å². The lowest BCUT2D eigenvalue weighted by Gasteiger charge is -2.33. The number of anilines is 1. The summed E-state index contributed by atoms with van der Waals surface area (Å²) in [5.74, 6) is -0.819. The molecule has 0 bridgehead atoms. The summed E-state index contributed by atoms with van der Waals surface area (Å²) in [5.41, 5.74) is 2.68. The monoisotopic (exact) mass is 359 g/mol. The maximum Gasteiger partial charge on any atom is 0.318 e. The summed E-state index contributed by atoms with van der Waals surface area (Å²) in [6.07, 6.45) is 0.473. The highest BCUT2D eigenvalue weighted by Gasteiger charge is 2.42. The van der Waals surface area contributed by atoms with Gasteiger partial charge in [0.15, 0.2) is 0 Å². The largest absolute Gasteiger partial charge is 0.480 e. The highest BCUT2D eigenvalue weighted by molar-refractivity contribution is 5.86. The van der Waals surface area contributed by atoms with Crippen LogP contribution in [0.2, 0.25) is 0 Å². The molecule has 0 heterocycles. The van der Waals surface area contributed by atoms with Crippen molar-refractivity contribution < 1.29 is 9.90 Å². The zero-order chi connectivity index (χ0) is 19.3. The van der Waals surface area contributed by atoms with Crippen LogP contribution < -0.4 is 4.90 Å². The maximum absolute atomic E-state index is 12.7. The fourth-order valence-electron chi connectivity index (χ4n) is 3.59. The molecule has 3 aromatic carbocycles. The molecule has 0 fully saturated rings. The van der Waals surface area contributed by atoms with E-state index in [1.165, 1.54) is 0 Å². The first-order valence-electron chi connectivity index (χ1n) is 9.16. The molecule has 1 unspecified atom stereocenters. The fourth-order valence-corrected chi connectivity index (χ4v) is 3.59. The average molecular weight is 359 g/mol. The minimum Gasteiger partial charge on any atom is -0.480 e. The zero-order valence-corrected chi connectivity index (χ0v) is 15.8. The Balaban J connectivity index is 2.03. The van der Waals surface area contributed by atoms with Crippen LogP contribution in [0.15, 0.2) is 84.9 Å². The van der Waals surface area contributed by atoms with Gasteiger partial charge in [0, 0.05) is 19.3 Å². The van der Waals surface area contributed by atoms with Crippen LogP contribution in [-0.2, 0) is 10.2 Å². The molecule has 3 nitrogen and oxygen atoms in total. The molecule has 0 spiro atoms. The van der Waals surface area contributed by atoms with E-state index in [0.717, 1.165) is 22.4 Å². The second-order valence-corrected chi connectivity index (χ2v) is 6.95. The highest BCUT2D eigenvalue weighted by Crippen LogP contribution is 2.37. The van der Waals surface area contributed by atoms with Crippen molar-refractivity contribution in [3.05, 3.63) is 102 Å². The minimum atomic E-state index is -1.09. The number of carboxylic acid groups (broad SMARTS) is 1. The Kier molecular flexibility index (Phi) is 5.60. The van der Waals surface area contributed by atoms with E-state index in [1.54, 1.807) is 0 Å². The lowest BCUT2D eigenvalue weighted by atomic mass is 9.71. The van der Waals surface area contributed by atoms with Crippen molar-refractivity contribution in [2.45, 2.75) is 18.8 Å². The molecular weight excluding hydrogens is 334 g/mol. The third-order valence-corrected chi connectivity index (χ3v) is 5.16. The standard InChI is InChI=1S/C24H25NO2/c1-19-10-9-13-21(18-19)24(23(26)27,20-11-5-3-6-12-20)16-17-25(2)22-14-7-4-8-15-22/h3-15,18H,16-17H2,1-2H3,(H,26,27). The third kappa shape index (κ3) is 3.87. The van der Waals surface area contributed by atoms with Crippen LogP contribution in [0.25, 0.3) is 0 Å². The molecule has 0 aromatic heterocycles. The van der Waals surface area contributed by atoms with E-state index in [9.17, 15) is 9.90 Å². The first-order valence-corrected chi connectivity index (χ1v) is 9.16. The van der Waals surface area contributed by atoms with Gasteiger partial charge in [0.05, 0.1) is 0 Å². The molecule has 0 saturated heterocycles. The number of nitrogens with zero attached hydrogens (tertiary/aromatic N) is 1. The van der Waals surface area contributed by atoms with Crippen LogP contribution in [0.4, 0.5) is 5.69 Å². The average Bonchev–Trinajstić information content (AvgIpc) is 2.69. The fraction of sp³-hybridized carbons (Fsp3) is 0.208. The van der Waals surface area contributed by atoms with Gasteiger partial charge in [-0.25, -0.2) is 0 Å². The van der Waals surface area contributed by atoms with Crippen LogP contribution in [0, 0.1) is 6.92 Å². The van der Waals surface area contributed by atoms with Gasteiger partial charge in [0.1, 0.15) is 5.41 Å². The molecule has 0 saturated carbocycles. The van der Waals surface area contributed by atoms with Gasteiger partial charge in [-0.3, -0.25) is 4.79 Å². The molecule has 0 radical (unpaired) electrons. The second kappa shape index (κ2) is 8.09. The van der Waals surface area contributed by atoms with E-state index in [0.29, 0.717) is 13.0 Å². The molecule has 0 aliphatic rings. The maximum atomic E-state index is 12.7. The van der Waals surface area contributed by atoms with E-state index in [2.05, 4.69) is 4.90 Å². The Morgan fingerprint density at radius 3 is 2.07 bits per heavy atom. The number of carbonyl (C=O) groups is 1. The number of benzene rings is 3. The smallest absolute Gasteiger partial charge is 0.318 e. The number of hydrogen-bond acceptors (Lipinski definition) is 2. The van der Waals surface area contributed by atoms with Crippen LogP contribution in [0.5, 0.6) is 0 Å². The van der Waals surface area contributed by atoms with Crippen molar-refractivity contribution in [3.8, 4) is 0 Å². The van der Waals surface area contributed by atoms with Gasteiger partial charge < -0.3 is 10.0 Å². The molecular formula is C24H25NO2. The molecule has 3 rings (SSSR count). The zero-order valence-electron chi connectivity index (χ0n) is 15.8. The number of rotatable bonds is 7. The number of aryl methyl sites for hydroxylation is 1. The van der Waals surface area contributed by atoms with Crippen molar-refractivity contribution in [3.63, 3.8) is 0 Å². The summed E-state index contributed by atoms with van der Waals surface area (Å²) >= 11 is 0. The van der Waals surface area contributed by atoms with Crippen molar-refractivity contribution in [1.82, 2.24) is 0 Å². The Labute approximate surface area is 160 Å². The summed E-state index contributed by atoms with van der Waals surface area (Å²) in [6, 6.07) is 27.5. The van der Waals surface area contributed by atoms with E-state index in [-0.39, 0.29) is 0 Å². The predicted molar refractivity (Wildman–Crippen MR) is 110 cm³/mol. The number of para-hydroxylation sites is 1. The SMILES string of the molecule is Cc1cccc(C(CCN(C)c2ccccc2)(C(=O)O)c2ccccc2)c1. The summed E-state index contributed by atoms with van der Waals surface area (Å²) < 4.78 is 0.